The van der Waals surface area contributed by atoms with Gasteiger partial charge in [-0.1, -0.05) is 6.07 Å². The number of alkyl halides is 3. The molecule has 0 saturated carbocycles. The minimum Gasteiger partial charge on any atom is -0.503 e. The number of hydrogen-bond donors (Lipinski definition) is 2. The predicted molar refractivity (Wildman–Crippen MR) is 101 cm³/mol. The molecule has 0 spiro atoms. The average molecular weight is 423 g/mol. The van der Waals surface area contributed by atoms with Crippen LogP contribution in [0.4, 0.5) is 13.2 Å². The SMILES string of the molecule is CC(C)N1CCn2c(CNC(=O)c3cccc(C(F)(F)F)c3)cc(=O)c(O)c2C1=O. The number of amides is 2. The van der Waals surface area contributed by atoms with Gasteiger partial charge >= 0.3 is 6.18 Å². The molecule has 2 heterocycles. The average Bonchev–Trinajstić information content (AvgIpc) is 2.68. The highest BCUT2D eigenvalue weighted by atomic mass is 19.4. The van der Waals surface area contributed by atoms with Gasteiger partial charge in [-0.05, 0) is 32.0 Å². The summed E-state index contributed by atoms with van der Waals surface area (Å²) in [6, 6.07) is 4.93. The number of aromatic hydroxyl groups is 1. The largest absolute Gasteiger partial charge is 0.503 e. The smallest absolute Gasteiger partial charge is 0.416 e. The summed E-state index contributed by atoms with van der Waals surface area (Å²) >= 11 is 0. The summed E-state index contributed by atoms with van der Waals surface area (Å²) < 4.78 is 40.0. The molecule has 2 amide bonds. The number of pyridine rings is 1. The summed E-state index contributed by atoms with van der Waals surface area (Å²) in [5.41, 5.74) is -1.81. The van der Waals surface area contributed by atoms with E-state index in [-0.39, 0.29) is 29.5 Å². The second-order valence-electron chi connectivity index (χ2n) is 7.20. The van der Waals surface area contributed by atoms with Crippen molar-refractivity contribution in [3.8, 4) is 5.75 Å². The van der Waals surface area contributed by atoms with Crippen LogP contribution >= 0.6 is 0 Å². The first kappa shape index (κ1) is 21.4. The minimum absolute atomic E-state index is 0.134. The number of hydrogen-bond acceptors (Lipinski definition) is 4. The summed E-state index contributed by atoms with van der Waals surface area (Å²) in [5.74, 6) is -1.93. The fourth-order valence-corrected chi connectivity index (χ4v) is 3.35. The van der Waals surface area contributed by atoms with E-state index in [9.17, 15) is 32.7 Å². The number of carbonyl (C=O) groups is 2. The van der Waals surface area contributed by atoms with E-state index in [0.717, 1.165) is 24.3 Å². The number of carbonyl (C=O) groups excluding carboxylic acids is 2. The highest BCUT2D eigenvalue weighted by molar-refractivity contribution is 5.96. The topological polar surface area (TPSA) is 91.6 Å². The van der Waals surface area contributed by atoms with Crippen LogP contribution in [0.1, 0.15) is 46.0 Å². The molecule has 0 bridgehead atoms. The molecule has 1 aliphatic rings. The molecule has 0 saturated heterocycles. The maximum absolute atomic E-state index is 12.8. The first-order valence-electron chi connectivity index (χ1n) is 9.22. The van der Waals surface area contributed by atoms with E-state index in [0.29, 0.717) is 13.1 Å². The standard InChI is InChI=1S/C20H20F3N3O4/c1-11(2)25-6-7-26-14(9-15(27)17(28)16(26)19(25)30)10-24-18(29)12-4-3-5-13(8-12)20(21,22)23/h3-5,8-9,11,28H,6-7,10H2,1-2H3,(H,24,29). The summed E-state index contributed by atoms with van der Waals surface area (Å²) in [5, 5.41) is 12.6. The molecule has 1 aliphatic heterocycles. The van der Waals surface area contributed by atoms with Gasteiger partial charge in [0, 0.05) is 36.5 Å². The van der Waals surface area contributed by atoms with E-state index >= 15 is 0 Å². The molecule has 1 aromatic heterocycles. The summed E-state index contributed by atoms with van der Waals surface area (Å²) in [6.45, 7) is 4.05. The molecule has 0 radical (unpaired) electrons. The minimum atomic E-state index is -4.58. The van der Waals surface area contributed by atoms with Gasteiger partial charge in [0.1, 0.15) is 0 Å². The molecule has 1 aromatic carbocycles. The van der Waals surface area contributed by atoms with Crippen LogP contribution in [0.3, 0.4) is 0 Å². The molecule has 30 heavy (non-hydrogen) atoms. The Balaban J connectivity index is 1.87. The van der Waals surface area contributed by atoms with Gasteiger partial charge in [0.05, 0.1) is 12.1 Å². The number of aromatic nitrogens is 1. The number of fused-ring (bicyclic) bond motifs is 1. The number of nitrogens with zero attached hydrogens (tertiary/aromatic N) is 2. The van der Waals surface area contributed by atoms with E-state index in [1.54, 1.807) is 0 Å². The predicted octanol–water partition coefficient (Wildman–Crippen LogP) is 2.37. The quantitative estimate of drug-likeness (QED) is 0.790. The third kappa shape index (κ3) is 4.03. The molecule has 7 nitrogen and oxygen atoms in total. The van der Waals surface area contributed by atoms with Crippen molar-refractivity contribution in [3.63, 3.8) is 0 Å². The van der Waals surface area contributed by atoms with Crippen LogP contribution < -0.4 is 10.7 Å². The van der Waals surface area contributed by atoms with Crippen molar-refractivity contribution in [2.24, 2.45) is 0 Å². The Morgan fingerprint density at radius 2 is 1.90 bits per heavy atom. The van der Waals surface area contributed by atoms with Crippen molar-refractivity contribution in [2.45, 2.75) is 39.2 Å². The zero-order valence-electron chi connectivity index (χ0n) is 16.3. The van der Waals surface area contributed by atoms with E-state index in [2.05, 4.69) is 5.32 Å². The van der Waals surface area contributed by atoms with Crippen LogP contribution in [-0.4, -0.2) is 39.0 Å². The number of rotatable bonds is 4. The Kier molecular flexibility index (Phi) is 5.60. The summed E-state index contributed by atoms with van der Waals surface area (Å²) in [7, 11) is 0. The third-order valence-electron chi connectivity index (χ3n) is 4.91. The zero-order valence-corrected chi connectivity index (χ0v) is 16.3. The van der Waals surface area contributed by atoms with Crippen LogP contribution in [0.25, 0.3) is 0 Å². The lowest BCUT2D eigenvalue weighted by Crippen LogP contribution is -2.46. The van der Waals surface area contributed by atoms with Crippen molar-refractivity contribution >= 4 is 11.8 Å². The summed E-state index contributed by atoms with van der Waals surface area (Å²) in [4.78, 5) is 38.7. The number of halogens is 3. The Hall–Kier alpha value is -3.30. The Labute approximate surface area is 169 Å². The second-order valence-corrected chi connectivity index (χ2v) is 7.20. The second kappa shape index (κ2) is 7.85. The molecule has 160 valence electrons. The first-order valence-corrected chi connectivity index (χ1v) is 9.22. The highest BCUT2D eigenvalue weighted by Gasteiger charge is 2.32. The van der Waals surface area contributed by atoms with Crippen molar-refractivity contribution < 1.29 is 27.9 Å². The van der Waals surface area contributed by atoms with Gasteiger partial charge in [-0.2, -0.15) is 13.2 Å². The fraction of sp³-hybridized carbons (Fsp3) is 0.350. The maximum Gasteiger partial charge on any atom is 0.416 e. The van der Waals surface area contributed by atoms with Gasteiger partial charge < -0.3 is 19.9 Å². The zero-order chi connectivity index (χ0) is 22.2. The molecule has 0 atom stereocenters. The van der Waals surface area contributed by atoms with Gasteiger partial charge in [0.15, 0.2) is 11.4 Å². The number of benzene rings is 1. The van der Waals surface area contributed by atoms with Crippen LogP contribution in [-0.2, 0) is 19.3 Å². The Bertz CT molecular complexity index is 1060. The van der Waals surface area contributed by atoms with Gasteiger partial charge in [0.2, 0.25) is 5.43 Å². The van der Waals surface area contributed by atoms with E-state index in [1.807, 2.05) is 13.8 Å². The van der Waals surface area contributed by atoms with Crippen molar-refractivity contribution in [3.05, 3.63) is 63.1 Å². The van der Waals surface area contributed by atoms with E-state index in [1.165, 1.54) is 15.5 Å². The normalized spacial score (nSPS) is 14.1. The highest BCUT2D eigenvalue weighted by Crippen LogP contribution is 2.29. The molecule has 0 unspecified atom stereocenters. The fourth-order valence-electron chi connectivity index (χ4n) is 3.35. The number of nitrogens with one attached hydrogen (secondary N) is 1. The van der Waals surface area contributed by atoms with Crippen LogP contribution in [0, 0.1) is 0 Å². The van der Waals surface area contributed by atoms with Crippen molar-refractivity contribution in [1.29, 1.82) is 0 Å². The van der Waals surface area contributed by atoms with Gasteiger partial charge in [-0.25, -0.2) is 0 Å². The lowest BCUT2D eigenvalue weighted by atomic mass is 10.1. The first-order chi connectivity index (χ1) is 14.0. The molecule has 2 aromatic rings. The Morgan fingerprint density at radius 1 is 1.20 bits per heavy atom. The molecule has 0 aliphatic carbocycles. The monoisotopic (exact) mass is 423 g/mol. The lowest BCUT2D eigenvalue weighted by molar-refractivity contribution is -0.137. The molecular formula is C20H20F3N3O4. The van der Waals surface area contributed by atoms with Gasteiger partial charge in [-0.15, -0.1) is 0 Å². The molecule has 10 heteroatoms. The lowest BCUT2D eigenvalue weighted by Gasteiger charge is -2.34. The van der Waals surface area contributed by atoms with Gasteiger partial charge in [-0.3, -0.25) is 14.4 Å². The van der Waals surface area contributed by atoms with Crippen molar-refractivity contribution in [1.82, 2.24) is 14.8 Å². The maximum atomic E-state index is 12.8. The van der Waals surface area contributed by atoms with E-state index < -0.39 is 34.7 Å². The molecule has 0 fully saturated rings. The molecule has 2 N–H and O–H groups in total. The van der Waals surface area contributed by atoms with E-state index in [4.69, 9.17) is 0 Å². The molecule has 3 rings (SSSR count). The van der Waals surface area contributed by atoms with Crippen LogP contribution in [0.5, 0.6) is 5.75 Å². The molecular weight excluding hydrogens is 403 g/mol. The third-order valence-corrected chi connectivity index (χ3v) is 4.91. The van der Waals surface area contributed by atoms with Gasteiger partial charge in [0.25, 0.3) is 11.8 Å². The summed E-state index contributed by atoms with van der Waals surface area (Å²) in [6.07, 6.45) is -4.58. The van der Waals surface area contributed by atoms with Crippen molar-refractivity contribution in [2.75, 3.05) is 6.54 Å². The Morgan fingerprint density at radius 3 is 2.53 bits per heavy atom. The van der Waals surface area contributed by atoms with Crippen LogP contribution in [0.2, 0.25) is 0 Å². The van der Waals surface area contributed by atoms with Crippen LogP contribution in [0.15, 0.2) is 35.1 Å².